The first-order valence-corrected chi connectivity index (χ1v) is 6.05. The third kappa shape index (κ3) is 2.19. The molecule has 5 nitrogen and oxygen atoms in total. The molecule has 0 bridgehead atoms. The molecule has 1 aromatic rings. The van der Waals surface area contributed by atoms with E-state index in [1.807, 2.05) is 25.2 Å². The summed E-state index contributed by atoms with van der Waals surface area (Å²) in [4.78, 5) is 13.5. The van der Waals surface area contributed by atoms with Crippen molar-refractivity contribution in [3.8, 4) is 0 Å². The number of benzene rings is 1. The van der Waals surface area contributed by atoms with Crippen LogP contribution >= 0.6 is 0 Å². The second-order valence-corrected chi connectivity index (χ2v) is 4.38. The van der Waals surface area contributed by atoms with Gasteiger partial charge < -0.3 is 20.4 Å². The quantitative estimate of drug-likeness (QED) is 0.721. The maximum atomic E-state index is 12.0. The zero-order valence-electron chi connectivity index (χ0n) is 10.4. The van der Waals surface area contributed by atoms with Gasteiger partial charge in [-0.1, -0.05) is 0 Å². The summed E-state index contributed by atoms with van der Waals surface area (Å²) in [5.41, 5.74) is 2.85. The Kier molecular flexibility index (Phi) is 3.84. The van der Waals surface area contributed by atoms with Crippen LogP contribution < -0.4 is 10.2 Å². The summed E-state index contributed by atoms with van der Waals surface area (Å²) in [6, 6.07) is 5.19. The van der Waals surface area contributed by atoms with Crippen molar-refractivity contribution in [1.29, 1.82) is 0 Å². The van der Waals surface area contributed by atoms with Crippen molar-refractivity contribution in [3.63, 3.8) is 0 Å². The third-order valence-corrected chi connectivity index (χ3v) is 3.29. The van der Waals surface area contributed by atoms with E-state index in [9.17, 15) is 15.0 Å². The molecular formula is C13H18N2O3. The minimum Gasteiger partial charge on any atom is -0.394 e. The molecule has 0 saturated carbocycles. The number of amides is 1. The van der Waals surface area contributed by atoms with Gasteiger partial charge in [-0.2, -0.15) is 0 Å². The molecule has 2 rings (SSSR count). The Morgan fingerprint density at radius 3 is 2.67 bits per heavy atom. The molecule has 0 radical (unpaired) electrons. The van der Waals surface area contributed by atoms with Gasteiger partial charge in [0.25, 0.3) is 0 Å². The third-order valence-electron chi connectivity index (χ3n) is 3.29. The first kappa shape index (κ1) is 12.9. The Hall–Kier alpha value is -1.59. The summed E-state index contributed by atoms with van der Waals surface area (Å²) in [7, 11) is 1.84. The number of rotatable bonds is 4. The van der Waals surface area contributed by atoms with Gasteiger partial charge in [-0.25, -0.2) is 0 Å². The molecule has 0 fully saturated rings. The van der Waals surface area contributed by atoms with Crippen molar-refractivity contribution in [3.05, 3.63) is 23.8 Å². The van der Waals surface area contributed by atoms with Crippen LogP contribution in [-0.4, -0.2) is 42.4 Å². The average molecular weight is 250 g/mol. The Labute approximate surface area is 106 Å². The maximum absolute atomic E-state index is 12.0. The summed E-state index contributed by atoms with van der Waals surface area (Å²) in [6.07, 6.45) is 1.11. The molecule has 3 N–H and O–H groups in total. The van der Waals surface area contributed by atoms with Gasteiger partial charge in [0.1, 0.15) is 0 Å². The molecule has 1 aromatic carbocycles. The minimum absolute atomic E-state index is 0.0483. The fraction of sp³-hybridized carbons (Fsp3) is 0.462. The number of carbonyl (C=O) groups excluding carboxylic acids is 1. The smallest absolute Gasteiger partial charge is 0.227 e. The molecule has 98 valence electrons. The number of hydrogen-bond donors (Lipinski definition) is 3. The average Bonchev–Trinajstić information content (AvgIpc) is 2.41. The van der Waals surface area contributed by atoms with Crippen LogP contribution in [0.25, 0.3) is 0 Å². The predicted molar refractivity (Wildman–Crippen MR) is 69.8 cm³/mol. The van der Waals surface area contributed by atoms with E-state index in [2.05, 4.69) is 5.32 Å². The summed E-state index contributed by atoms with van der Waals surface area (Å²) in [5, 5.41) is 21.6. The maximum Gasteiger partial charge on any atom is 0.227 e. The highest BCUT2D eigenvalue weighted by molar-refractivity contribution is 5.97. The summed E-state index contributed by atoms with van der Waals surface area (Å²) in [6.45, 7) is -0.481. The second kappa shape index (κ2) is 5.37. The molecule has 1 aliphatic heterocycles. The molecule has 18 heavy (non-hydrogen) atoms. The molecule has 5 heteroatoms. The van der Waals surface area contributed by atoms with Crippen molar-refractivity contribution in [2.75, 3.05) is 30.5 Å². The molecule has 0 spiro atoms. The van der Waals surface area contributed by atoms with Crippen molar-refractivity contribution >= 4 is 17.3 Å². The Balaban J connectivity index is 2.41. The van der Waals surface area contributed by atoms with Crippen LogP contribution in [0.15, 0.2) is 18.2 Å². The number of aliphatic hydroxyl groups is 2. The van der Waals surface area contributed by atoms with Crippen LogP contribution in [0.2, 0.25) is 0 Å². The lowest BCUT2D eigenvalue weighted by atomic mass is 9.99. The lowest BCUT2D eigenvalue weighted by Gasteiger charge is -2.34. The van der Waals surface area contributed by atoms with Gasteiger partial charge in [0.15, 0.2) is 0 Å². The number of aliphatic hydroxyl groups excluding tert-OH is 2. The highest BCUT2D eigenvalue weighted by Crippen LogP contribution is 2.31. The largest absolute Gasteiger partial charge is 0.394 e. The molecule has 1 heterocycles. The molecule has 0 aliphatic carbocycles. The zero-order valence-corrected chi connectivity index (χ0v) is 10.4. The fourth-order valence-corrected chi connectivity index (χ4v) is 2.29. The van der Waals surface area contributed by atoms with Gasteiger partial charge in [0.2, 0.25) is 5.91 Å². The molecule has 0 saturated heterocycles. The Morgan fingerprint density at radius 1 is 1.33 bits per heavy atom. The minimum atomic E-state index is -0.558. The van der Waals surface area contributed by atoms with Gasteiger partial charge in [-0.05, 0) is 30.2 Å². The predicted octanol–water partition coefficient (Wildman–Crippen LogP) is 0.361. The molecule has 0 atom stereocenters. The van der Waals surface area contributed by atoms with Gasteiger partial charge in [0, 0.05) is 24.8 Å². The number of aryl methyl sites for hydroxylation is 1. The summed E-state index contributed by atoms with van der Waals surface area (Å²) >= 11 is 0. The first-order chi connectivity index (χ1) is 8.71. The number of anilines is 2. The number of nitrogens with zero attached hydrogens (tertiary/aromatic N) is 1. The summed E-state index contributed by atoms with van der Waals surface area (Å²) < 4.78 is 0. The van der Waals surface area contributed by atoms with Gasteiger partial charge in [-0.3, -0.25) is 4.79 Å². The monoisotopic (exact) mass is 250 g/mol. The number of fused-ring (bicyclic) bond motifs is 1. The standard InChI is InChI=1S/C13H18N2O3/c1-14-10-3-4-12-9(6-10)2-5-13(18)15(12)11(7-16)8-17/h3-4,6,11,14,16-17H,2,5,7-8H2,1H3. The Bertz CT molecular complexity index is 444. The zero-order chi connectivity index (χ0) is 13.1. The van der Waals surface area contributed by atoms with Crippen LogP contribution in [0.3, 0.4) is 0 Å². The van der Waals surface area contributed by atoms with Crippen LogP contribution in [0.1, 0.15) is 12.0 Å². The lowest BCUT2D eigenvalue weighted by molar-refractivity contribution is -0.119. The number of carbonyl (C=O) groups is 1. The number of nitrogens with one attached hydrogen (secondary N) is 1. The van der Waals surface area contributed by atoms with Gasteiger partial charge in [0.05, 0.1) is 19.3 Å². The molecule has 1 amide bonds. The van der Waals surface area contributed by atoms with E-state index in [0.717, 1.165) is 16.9 Å². The fourth-order valence-electron chi connectivity index (χ4n) is 2.29. The van der Waals surface area contributed by atoms with E-state index in [1.165, 1.54) is 4.90 Å². The Morgan fingerprint density at radius 2 is 2.06 bits per heavy atom. The van der Waals surface area contributed by atoms with Crippen LogP contribution in [0.5, 0.6) is 0 Å². The van der Waals surface area contributed by atoms with Crippen LogP contribution in [0, 0.1) is 0 Å². The van der Waals surface area contributed by atoms with E-state index < -0.39 is 6.04 Å². The highest BCUT2D eigenvalue weighted by atomic mass is 16.3. The van der Waals surface area contributed by atoms with Gasteiger partial charge in [-0.15, -0.1) is 0 Å². The van der Waals surface area contributed by atoms with E-state index in [4.69, 9.17) is 0 Å². The van der Waals surface area contributed by atoms with Crippen molar-refractivity contribution < 1.29 is 15.0 Å². The van der Waals surface area contributed by atoms with Crippen molar-refractivity contribution in [2.45, 2.75) is 18.9 Å². The summed E-state index contributed by atoms with van der Waals surface area (Å²) in [5.74, 6) is -0.0483. The lowest BCUT2D eigenvalue weighted by Crippen LogP contribution is -2.47. The van der Waals surface area contributed by atoms with Gasteiger partial charge >= 0.3 is 0 Å². The molecule has 1 aliphatic rings. The first-order valence-electron chi connectivity index (χ1n) is 6.05. The topological polar surface area (TPSA) is 72.8 Å². The van der Waals surface area contributed by atoms with Crippen LogP contribution in [0.4, 0.5) is 11.4 Å². The van der Waals surface area contributed by atoms with Crippen molar-refractivity contribution in [1.82, 2.24) is 0 Å². The van der Waals surface area contributed by atoms with E-state index in [1.54, 1.807) is 0 Å². The molecular weight excluding hydrogens is 232 g/mol. The van der Waals surface area contributed by atoms with E-state index >= 15 is 0 Å². The molecule has 0 aromatic heterocycles. The normalized spacial score (nSPS) is 14.9. The van der Waals surface area contributed by atoms with Crippen LogP contribution in [-0.2, 0) is 11.2 Å². The number of hydrogen-bond acceptors (Lipinski definition) is 4. The molecule has 0 unspecified atom stereocenters. The SMILES string of the molecule is CNc1ccc2c(c1)CCC(=O)N2C(CO)CO. The second-order valence-electron chi connectivity index (χ2n) is 4.38. The van der Waals surface area contributed by atoms with Crippen molar-refractivity contribution in [2.24, 2.45) is 0 Å². The highest BCUT2D eigenvalue weighted by Gasteiger charge is 2.29. The van der Waals surface area contributed by atoms with E-state index in [0.29, 0.717) is 12.8 Å². The van der Waals surface area contributed by atoms with E-state index in [-0.39, 0.29) is 19.1 Å².